The van der Waals surface area contributed by atoms with E-state index in [1.165, 1.54) is 6.92 Å². The van der Waals surface area contributed by atoms with Crippen molar-refractivity contribution in [1.82, 2.24) is 0 Å². The molecule has 0 aliphatic heterocycles. The molecule has 2 rings (SSSR count). The second-order valence-electron chi connectivity index (χ2n) is 4.22. The minimum atomic E-state index is -0.0512. The fraction of sp³-hybridized carbons (Fsp3) is 0.133. The van der Waals surface area contributed by atoms with Crippen molar-refractivity contribution in [2.45, 2.75) is 13.5 Å². The summed E-state index contributed by atoms with van der Waals surface area (Å²) in [5.74, 6) is 0.465. The van der Waals surface area contributed by atoms with Gasteiger partial charge in [0.25, 0.3) is 0 Å². The van der Waals surface area contributed by atoms with E-state index < -0.39 is 0 Å². The molecule has 0 amide bonds. The zero-order valence-corrected chi connectivity index (χ0v) is 13.7. The second-order valence-corrected chi connectivity index (χ2v) is 5.98. The number of ether oxygens (including phenoxy) is 1. The van der Waals surface area contributed by atoms with Crippen LogP contribution in [0, 0.1) is 0 Å². The van der Waals surface area contributed by atoms with Crippen LogP contribution in [-0.2, 0) is 6.61 Å². The number of ketones is 1. The molecule has 0 aliphatic rings. The van der Waals surface area contributed by atoms with Crippen LogP contribution in [0.2, 0.25) is 10.0 Å². The van der Waals surface area contributed by atoms with Gasteiger partial charge in [-0.1, -0.05) is 39.1 Å². The van der Waals surface area contributed by atoms with Gasteiger partial charge < -0.3 is 4.74 Å². The number of halogens is 3. The molecule has 0 bridgehead atoms. The summed E-state index contributed by atoms with van der Waals surface area (Å²) in [6.45, 7) is 1.75. The van der Waals surface area contributed by atoms with Crippen LogP contribution in [0.4, 0.5) is 0 Å². The average Bonchev–Trinajstić information content (AvgIpc) is 2.39. The molecule has 0 fully saturated rings. The predicted octanol–water partition coefficient (Wildman–Crippen LogP) is 5.54. The van der Waals surface area contributed by atoms with E-state index >= 15 is 0 Å². The standard InChI is InChI=1S/C15H11BrCl2O2/c1-9(19)13-4-2-11(16)7-15(13)20-8-10-6-12(17)3-5-14(10)18/h2-7H,8H2,1H3. The van der Waals surface area contributed by atoms with Crippen molar-refractivity contribution in [3.8, 4) is 5.75 Å². The number of Topliss-reactive ketones (excluding diaryl/α,β-unsaturated/α-hetero) is 1. The molecule has 20 heavy (non-hydrogen) atoms. The molecule has 0 saturated carbocycles. The highest BCUT2D eigenvalue weighted by Crippen LogP contribution is 2.27. The maximum Gasteiger partial charge on any atom is 0.163 e. The molecule has 0 spiro atoms. The number of hydrogen-bond acceptors (Lipinski definition) is 2. The Morgan fingerprint density at radius 3 is 2.65 bits per heavy atom. The van der Waals surface area contributed by atoms with Gasteiger partial charge in [-0.05, 0) is 43.3 Å². The average molecular weight is 374 g/mol. The minimum Gasteiger partial charge on any atom is -0.488 e. The predicted molar refractivity (Wildman–Crippen MR) is 84.9 cm³/mol. The Bertz CT molecular complexity index is 656. The summed E-state index contributed by atoms with van der Waals surface area (Å²) < 4.78 is 6.55. The quantitative estimate of drug-likeness (QED) is 0.658. The van der Waals surface area contributed by atoms with E-state index in [2.05, 4.69) is 15.9 Å². The molecule has 2 aromatic rings. The number of carbonyl (C=O) groups excluding carboxylic acids is 1. The zero-order valence-electron chi connectivity index (χ0n) is 10.6. The second kappa shape index (κ2) is 6.61. The monoisotopic (exact) mass is 372 g/mol. The Labute approximate surface area is 135 Å². The van der Waals surface area contributed by atoms with Crippen LogP contribution < -0.4 is 4.74 Å². The van der Waals surface area contributed by atoms with E-state index in [1.807, 2.05) is 0 Å². The summed E-state index contributed by atoms with van der Waals surface area (Å²) in [4.78, 5) is 11.6. The van der Waals surface area contributed by atoms with Gasteiger partial charge in [-0.3, -0.25) is 4.79 Å². The highest BCUT2D eigenvalue weighted by Gasteiger charge is 2.10. The number of benzene rings is 2. The molecule has 0 saturated heterocycles. The van der Waals surface area contributed by atoms with Crippen LogP contribution in [0.3, 0.4) is 0 Å². The van der Waals surface area contributed by atoms with Gasteiger partial charge in [-0.25, -0.2) is 0 Å². The lowest BCUT2D eigenvalue weighted by Gasteiger charge is -2.11. The van der Waals surface area contributed by atoms with Crippen LogP contribution >= 0.6 is 39.1 Å². The molecule has 2 nitrogen and oxygen atoms in total. The summed E-state index contributed by atoms with van der Waals surface area (Å²) in [5, 5.41) is 1.17. The van der Waals surface area contributed by atoms with Crippen molar-refractivity contribution in [1.29, 1.82) is 0 Å². The summed E-state index contributed by atoms with van der Waals surface area (Å²) in [6, 6.07) is 10.5. The topological polar surface area (TPSA) is 26.3 Å². The van der Waals surface area contributed by atoms with E-state index in [0.29, 0.717) is 21.4 Å². The lowest BCUT2D eigenvalue weighted by Crippen LogP contribution is -2.02. The first-order chi connectivity index (χ1) is 9.47. The smallest absolute Gasteiger partial charge is 0.163 e. The molecular formula is C15H11BrCl2O2. The lowest BCUT2D eigenvalue weighted by molar-refractivity contribution is 0.101. The molecule has 0 N–H and O–H groups in total. The molecule has 0 aliphatic carbocycles. The summed E-state index contributed by atoms with van der Waals surface area (Å²) in [6.07, 6.45) is 0. The molecule has 0 radical (unpaired) electrons. The maximum atomic E-state index is 11.6. The SMILES string of the molecule is CC(=O)c1ccc(Br)cc1OCc1cc(Cl)ccc1Cl. The third-order valence-electron chi connectivity index (χ3n) is 2.71. The Morgan fingerprint density at radius 1 is 1.20 bits per heavy atom. The van der Waals surface area contributed by atoms with Gasteiger partial charge in [0, 0.05) is 20.1 Å². The molecule has 104 valence electrons. The van der Waals surface area contributed by atoms with Crippen molar-refractivity contribution < 1.29 is 9.53 Å². The van der Waals surface area contributed by atoms with E-state index in [-0.39, 0.29) is 12.4 Å². The largest absolute Gasteiger partial charge is 0.488 e. The molecule has 5 heteroatoms. The zero-order chi connectivity index (χ0) is 14.7. The maximum absolute atomic E-state index is 11.6. The van der Waals surface area contributed by atoms with Crippen molar-refractivity contribution in [2.24, 2.45) is 0 Å². The van der Waals surface area contributed by atoms with Crippen molar-refractivity contribution in [2.75, 3.05) is 0 Å². The Balaban J connectivity index is 2.24. The van der Waals surface area contributed by atoms with Crippen molar-refractivity contribution in [3.63, 3.8) is 0 Å². The minimum absolute atomic E-state index is 0.0512. The molecule has 0 aromatic heterocycles. The Kier molecular flexibility index (Phi) is 5.08. The number of rotatable bonds is 4. The van der Waals surface area contributed by atoms with Gasteiger partial charge in [0.05, 0.1) is 5.56 Å². The Hall–Kier alpha value is -1.03. The van der Waals surface area contributed by atoms with Gasteiger partial charge >= 0.3 is 0 Å². The van der Waals surface area contributed by atoms with Gasteiger partial charge in [-0.2, -0.15) is 0 Å². The van der Waals surface area contributed by atoms with Crippen molar-refractivity contribution >= 4 is 44.9 Å². The summed E-state index contributed by atoms with van der Waals surface area (Å²) in [7, 11) is 0. The van der Waals surface area contributed by atoms with E-state index in [4.69, 9.17) is 27.9 Å². The first-order valence-corrected chi connectivity index (χ1v) is 7.39. The molecule has 2 aromatic carbocycles. The number of hydrogen-bond donors (Lipinski definition) is 0. The highest BCUT2D eigenvalue weighted by molar-refractivity contribution is 9.10. The fourth-order valence-corrected chi connectivity index (χ4v) is 2.42. The van der Waals surface area contributed by atoms with Crippen molar-refractivity contribution in [3.05, 3.63) is 62.0 Å². The highest BCUT2D eigenvalue weighted by atomic mass is 79.9. The van der Waals surface area contributed by atoms with Crippen LogP contribution in [-0.4, -0.2) is 5.78 Å². The summed E-state index contributed by atoms with van der Waals surface area (Å²) in [5.41, 5.74) is 1.31. The molecule has 0 unspecified atom stereocenters. The summed E-state index contributed by atoms with van der Waals surface area (Å²) >= 11 is 15.4. The lowest BCUT2D eigenvalue weighted by atomic mass is 10.1. The Morgan fingerprint density at radius 2 is 1.95 bits per heavy atom. The molecule has 0 heterocycles. The van der Waals surface area contributed by atoms with E-state index in [1.54, 1.807) is 36.4 Å². The van der Waals surface area contributed by atoms with Crippen LogP contribution in [0.25, 0.3) is 0 Å². The van der Waals surface area contributed by atoms with Crippen LogP contribution in [0.15, 0.2) is 40.9 Å². The van der Waals surface area contributed by atoms with Gasteiger partial charge in [-0.15, -0.1) is 0 Å². The third kappa shape index (κ3) is 3.75. The first-order valence-electron chi connectivity index (χ1n) is 5.84. The van der Waals surface area contributed by atoms with Gasteiger partial charge in [0.2, 0.25) is 0 Å². The molecule has 0 atom stereocenters. The first kappa shape index (κ1) is 15.4. The number of carbonyl (C=O) groups is 1. The van der Waals surface area contributed by atoms with Gasteiger partial charge in [0.1, 0.15) is 12.4 Å². The van der Waals surface area contributed by atoms with Gasteiger partial charge in [0.15, 0.2) is 5.78 Å². The van der Waals surface area contributed by atoms with E-state index in [9.17, 15) is 4.79 Å². The molecular weight excluding hydrogens is 363 g/mol. The fourth-order valence-electron chi connectivity index (χ4n) is 1.72. The normalized spacial score (nSPS) is 10.4. The van der Waals surface area contributed by atoms with Crippen LogP contribution in [0.1, 0.15) is 22.8 Å². The van der Waals surface area contributed by atoms with E-state index in [0.717, 1.165) is 10.0 Å². The van der Waals surface area contributed by atoms with Crippen LogP contribution in [0.5, 0.6) is 5.75 Å². The third-order valence-corrected chi connectivity index (χ3v) is 3.81.